The number of carbonyl (C=O) groups is 1. The van der Waals surface area contributed by atoms with Crippen molar-refractivity contribution in [1.29, 1.82) is 0 Å². The molecule has 0 bridgehead atoms. The Balaban J connectivity index is 1.69. The Morgan fingerprint density at radius 2 is 1.85 bits per heavy atom. The molecule has 5 nitrogen and oxygen atoms in total. The maximum Gasteiger partial charge on any atom is 0.304 e. The first-order chi connectivity index (χ1) is 9.63. The summed E-state index contributed by atoms with van der Waals surface area (Å²) in [6.07, 6.45) is 6.67. The van der Waals surface area contributed by atoms with Gasteiger partial charge in [0, 0.05) is 19.7 Å². The van der Waals surface area contributed by atoms with Crippen molar-refractivity contribution in [3.05, 3.63) is 0 Å². The first kappa shape index (κ1) is 15.7. The van der Waals surface area contributed by atoms with Gasteiger partial charge in [0.05, 0.1) is 18.6 Å². The summed E-state index contributed by atoms with van der Waals surface area (Å²) in [4.78, 5) is 13.0. The summed E-state index contributed by atoms with van der Waals surface area (Å²) in [6.45, 7) is 3.28. The molecule has 1 aliphatic carbocycles. The largest absolute Gasteiger partial charge is 0.481 e. The molecule has 2 fully saturated rings. The van der Waals surface area contributed by atoms with E-state index >= 15 is 0 Å². The van der Waals surface area contributed by atoms with E-state index in [4.69, 9.17) is 9.84 Å². The summed E-state index contributed by atoms with van der Waals surface area (Å²) >= 11 is 0. The number of carboxylic acids is 1. The average Bonchev–Trinajstić information content (AvgIpc) is 2.37. The van der Waals surface area contributed by atoms with Gasteiger partial charge in [-0.05, 0) is 51.0 Å². The highest BCUT2D eigenvalue weighted by molar-refractivity contribution is 5.66. The topological polar surface area (TPSA) is 70.0 Å². The van der Waals surface area contributed by atoms with Crippen LogP contribution in [0.3, 0.4) is 0 Å². The van der Waals surface area contributed by atoms with Crippen molar-refractivity contribution >= 4 is 5.97 Å². The van der Waals surface area contributed by atoms with Crippen molar-refractivity contribution in [1.82, 2.24) is 4.90 Å². The molecule has 5 heteroatoms. The van der Waals surface area contributed by atoms with Crippen LogP contribution in [0.5, 0.6) is 0 Å². The monoisotopic (exact) mass is 285 g/mol. The first-order valence-electron chi connectivity index (χ1n) is 7.87. The lowest BCUT2D eigenvalue weighted by atomic mass is 9.85. The predicted molar refractivity (Wildman–Crippen MR) is 75.6 cm³/mol. The zero-order chi connectivity index (χ0) is 14.4. The molecule has 2 rings (SSSR count). The number of hydrogen-bond acceptors (Lipinski definition) is 4. The van der Waals surface area contributed by atoms with Crippen LogP contribution in [0.15, 0.2) is 0 Å². The lowest BCUT2D eigenvalue weighted by Crippen LogP contribution is -2.41. The minimum atomic E-state index is -0.731. The summed E-state index contributed by atoms with van der Waals surface area (Å²) in [5.41, 5.74) is 0. The number of aliphatic hydroxyl groups is 1. The minimum Gasteiger partial charge on any atom is -0.481 e. The van der Waals surface area contributed by atoms with E-state index in [0.717, 1.165) is 58.2 Å². The molecule has 20 heavy (non-hydrogen) atoms. The summed E-state index contributed by atoms with van der Waals surface area (Å²) in [5.74, 6) is -0.0432. The number of carboxylic acid groups (broad SMARTS) is 1. The highest BCUT2D eigenvalue weighted by Crippen LogP contribution is 2.27. The van der Waals surface area contributed by atoms with Crippen molar-refractivity contribution in [3.8, 4) is 0 Å². The lowest BCUT2D eigenvalue weighted by molar-refractivity contribution is -0.137. The standard InChI is InChI=1S/C15H27NO4/c17-13-3-1-12(2-4-13)5-8-16(9-6-15(18)19)11-14-7-10-20-14/h12-14,17H,1-11H2,(H,18,19). The van der Waals surface area contributed by atoms with Gasteiger partial charge in [-0.15, -0.1) is 0 Å². The quantitative estimate of drug-likeness (QED) is 0.707. The number of nitrogens with zero attached hydrogens (tertiary/aromatic N) is 1. The zero-order valence-electron chi connectivity index (χ0n) is 12.2. The van der Waals surface area contributed by atoms with E-state index in [1.807, 2.05) is 0 Å². The SMILES string of the molecule is O=C(O)CCN(CCC1CCC(O)CC1)CC1CCO1. The van der Waals surface area contributed by atoms with Gasteiger partial charge in [-0.2, -0.15) is 0 Å². The maximum absolute atomic E-state index is 10.7. The zero-order valence-corrected chi connectivity index (χ0v) is 12.2. The van der Waals surface area contributed by atoms with Gasteiger partial charge < -0.3 is 19.8 Å². The van der Waals surface area contributed by atoms with E-state index in [2.05, 4.69) is 4.90 Å². The Hall–Kier alpha value is -0.650. The highest BCUT2D eigenvalue weighted by Gasteiger charge is 2.24. The third-order valence-corrected chi connectivity index (χ3v) is 4.57. The van der Waals surface area contributed by atoms with E-state index in [9.17, 15) is 9.90 Å². The van der Waals surface area contributed by atoms with E-state index in [1.165, 1.54) is 0 Å². The van der Waals surface area contributed by atoms with E-state index in [0.29, 0.717) is 18.6 Å². The summed E-state index contributed by atoms with van der Waals surface area (Å²) in [7, 11) is 0. The van der Waals surface area contributed by atoms with Crippen LogP contribution in [0, 0.1) is 5.92 Å². The van der Waals surface area contributed by atoms with Gasteiger partial charge in [0.2, 0.25) is 0 Å². The smallest absolute Gasteiger partial charge is 0.304 e. The molecule has 1 saturated heterocycles. The Bertz CT molecular complexity index is 298. The van der Waals surface area contributed by atoms with Gasteiger partial charge in [0.1, 0.15) is 0 Å². The second-order valence-electron chi connectivity index (χ2n) is 6.19. The molecule has 2 N–H and O–H groups in total. The molecule has 1 heterocycles. The van der Waals surface area contributed by atoms with E-state index in [1.54, 1.807) is 0 Å². The average molecular weight is 285 g/mol. The van der Waals surface area contributed by atoms with Crippen LogP contribution in [0.1, 0.15) is 44.9 Å². The van der Waals surface area contributed by atoms with E-state index < -0.39 is 5.97 Å². The molecule has 0 radical (unpaired) electrons. The van der Waals surface area contributed by atoms with Gasteiger partial charge in [0.25, 0.3) is 0 Å². The summed E-state index contributed by atoms with van der Waals surface area (Å²) < 4.78 is 5.45. The third-order valence-electron chi connectivity index (χ3n) is 4.57. The van der Waals surface area contributed by atoms with Crippen LogP contribution in [0.25, 0.3) is 0 Å². The Morgan fingerprint density at radius 3 is 2.40 bits per heavy atom. The Morgan fingerprint density at radius 1 is 1.15 bits per heavy atom. The molecular weight excluding hydrogens is 258 g/mol. The number of ether oxygens (including phenoxy) is 1. The van der Waals surface area contributed by atoms with Gasteiger partial charge in [-0.25, -0.2) is 0 Å². The van der Waals surface area contributed by atoms with Crippen molar-refractivity contribution in [2.45, 2.75) is 57.2 Å². The molecule has 0 spiro atoms. The predicted octanol–water partition coefficient (Wildman–Crippen LogP) is 1.49. The summed E-state index contributed by atoms with van der Waals surface area (Å²) in [6, 6.07) is 0. The summed E-state index contributed by atoms with van der Waals surface area (Å²) in [5, 5.41) is 18.3. The van der Waals surface area contributed by atoms with Crippen LogP contribution >= 0.6 is 0 Å². The van der Waals surface area contributed by atoms with Gasteiger partial charge in [-0.1, -0.05) is 0 Å². The molecule has 116 valence electrons. The number of aliphatic hydroxyl groups excluding tert-OH is 1. The third kappa shape index (κ3) is 5.38. The van der Waals surface area contributed by atoms with Crippen molar-refractivity contribution in [2.24, 2.45) is 5.92 Å². The van der Waals surface area contributed by atoms with Crippen LogP contribution in [0.2, 0.25) is 0 Å². The fourth-order valence-corrected chi connectivity index (χ4v) is 3.06. The van der Waals surface area contributed by atoms with Crippen molar-refractivity contribution < 1.29 is 19.7 Å². The normalized spacial score (nSPS) is 30.2. The van der Waals surface area contributed by atoms with Crippen molar-refractivity contribution in [2.75, 3.05) is 26.2 Å². The molecule has 0 aromatic rings. The second-order valence-corrected chi connectivity index (χ2v) is 6.19. The number of rotatable bonds is 8. The highest BCUT2D eigenvalue weighted by atomic mass is 16.5. The molecule has 1 saturated carbocycles. The van der Waals surface area contributed by atoms with Crippen LogP contribution in [-0.4, -0.2) is 59.5 Å². The molecule has 1 unspecified atom stereocenters. The van der Waals surface area contributed by atoms with E-state index in [-0.39, 0.29) is 12.5 Å². The fourth-order valence-electron chi connectivity index (χ4n) is 3.06. The molecule has 1 aliphatic heterocycles. The Labute approximate surface area is 120 Å². The van der Waals surface area contributed by atoms with Gasteiger partial charge in [-0.3, -0.25) is 4.79 Å². The maximum atomic E-state index is 10.7. The lowest BCUT2D eigenvalue weighted by Gasteiger charge is -2.34. The fraction of sp³-hybridized carbons (Fsp3) is 0.933. The number of aliphatic carboxylic acids is 1. The molecule has 1 atom stereocenters. The number of hydrogen-bond donors (Lipinski definition) is 2. The molecular formula is C15H27NO4. The molecule has 0 aromatic heterocycles. The van der Waals surface area contributed by atoms with Crippen LogP contribution in [-0.2, 0) is 9.53 Å². The molecule has 0 amide bonds. The molecule has 0 aromatic carbocycles. The minimum absolute atomic E-state index is 0.0993. The second kappa shape index (κ2) is 7.96. The molecule has 2 aliphatic rings. The van der Waals surface area contributed by atoms with Crippen molar-refractivity contribution in [3.63, 3.8) is 0 Å². The first-order valence-corrected chi connectivity index (χ1v) is 7.87. The van der Waals surface area contributed by atoms with Gasteiger partial charge >= 0.3 is 5.97 Å². The van der Waals surface area contributed by atoms with Crippen LogP contribution in [0.4, 0.5) is 0 Å². The van der Waals surface area contributed by atoms with Gasteiger partial charge in [0.15, 0.2) is 0 Å². The Kier molecular flexibility index (Phi) is 6.26. The van der Waals surface area contributed by atoms with Crippen LogP contribution < -0.4 is 0 Å².